The Labute approximate surface area is 264 Å². The first-order valence-electron chi connectivity index (χ1n) is 15.0. The van der Waals surface area contributed by atoms with Crippen molar-refractivity contribution in [1.29, 1.82) is 0 Å². The van der Waals surface area contributed by atoms with Crippen molar-refractivity contribution in [2.75, 3.05) is 0 Å². The minimum atomic E-state index is 0.472. The summed E-state index contributed by atoms with van der Waals surface area (Å²) in [6, 6.07) is 32.7. The van der Waals surface area contributed by atoms with E-state index in [0.29, 0.717) is 45.6 Å². The highest BCUT2D eigenvalue weighted by atomic mass is 16.4. The number of nitrogens with zero attached hydrogens (tertiary/aromatic N) is 6. The molecule has 8 aromatic rings. The van der Waals surface area contributed by atoms with Gasteiger partial charge in [-0.3, -0.25) is 0 Å². The standard InChI is InChI=1S/C38H28N6O2/c1-21-5-19-33-35(39-21)43-37(45-33)31-17-15-29(23(3)41-31)27-11-7-25(8-12-27)26-9-13-28(14-10-26)30-16-18-32(42-24(30)4)38-44-36-34(46-38)20-6-22(2)40-36/h5-20H,1-4H3. The van der Waals surface area contributed by atoms with Gasteiger partial charge in [0.1, 0.15) is 11.4 Å². The SMILES string of the molecule is Cc1ccc2oc(-c3ccc(-c4ccc(-c5ccc(-c6ccc(-c7nc8nc(C)ccc8o7)nc6C)cc5)cc4)c(C)n3)nc2n1. The van der Waals surface area contributed by atoms with Crippen molar-refractivity contribution in [3.63, 3.8) is 0 Å². The van der Waals surface area contributed by atoms with E-state index in [4.69, 9.17) is 18.8 Å². The van der Waals surface area contributed by atoms with E-state index in [1.807, 2.05) is 64.1 Å². The predicted molar refractivity (Wildman–Crippen MR) is 179 cm³/mol. The van der Waals surface area contributed by atoms with E-state index >= 15 is 0 Å². The molecular formula is C38H28N6O2. The maximum absolute atomic E-state index is 5.91. The van der Waals surface area contributed by atoms with Crippen molar-refractivity contribution < 1.29 is 8.83 Å². The van der Waals surface area contributed by atoms with Gasteiger partial charge in [-0.15, -0.1) is 0 Å². The topological polar surface area (TPSA) is 104 Å². The van der Waals surface area contributed by atoms with Crippen LogP contribution in [-0.4, -0.2) is 29.9 Å². The van der Waals surface area contributed by atoms with Crippen molar-refractivity contribution in [2.45, 2.75) is 27.7 Å². The molecule has 6 heterocycles. The van der Waals surface area contributed by atoms with Crippen molar-refractivity contribution in [3.05, 3.63) is 120 Å². The Balaban J connectivity index is 1.00. The molecule has 0 bridgehead atoms. The zero-order chi connectivity index (χ0) is 31.4. The number of pyridine rings is 4. The lowest BCUT2D eigenvalue weighted by Crippen LogP contribution is -1.92. The fourth-order valence-corrected chi connectivity index (χ4v) is 5.70. The molecule has 0 N–H and O–H groups in total. The maximum Gasteiger partial charge on any atom is 0.247 e. The van der Waals surface area contributed by atoms with Crippen LogP contribution in [0.1, 0.15) is 22.8 Å². The Bertz CT molecular complexity index is 2240. The van der Waals surface area contributed by atoms with Gasteiger partial charge in [0.25, 0.3) is 0 Å². The van der Waals surface area contributed by atoms with Gasteiger partial charge in [0.2, 0.25) is 11.8 Å². The summed E-state index contributed by atoms with van der Waals surface area (Å²) in [7, 11) is 0. The summed E-state index contributed by atoms with van der Waals surface area (Å²) in [5.74, 6) is 0.943. The third kappa shape index (κ3) is 4.99. The van der Waals surface area contributed by atoms with E-state index in [0.717, 1.165) is 56.2 Å². The molecule has 0 unspecified atom stereocenters. The Morgan fingerprint density at radius 2 is 0.761 bits per heavy atom. The van der Waals surface area contributed by atoms with Gasteiger partial charge in [-0.1, -0.05) is 60.7 Å². The monoisotopic (exact) mass is 600 g/mol. The second-order valence-corrected chi connectivity index (χ2v) is 11.4. The molecule has 222 valence electrons. The third-order valence-electron chi connectivity index (χ3n) is 8.12. The van der Waals surface area contributed by atoms with Crippen LogP contribution in [-0.2, 0) is 0 Å². The minimum absolute atomic E-state index is 0.472. The molecule has 8 heteroatoms. The van der Waals surface area contributed by atoms with Crippen molar-refractivity contribution >= 4 is 22.5 Å². The Kier molecular flexibility index (Phi) is 6.49. The molecule has 6 aromatic heterocycles. The molecule has 8 nitrogen and oxygen atoms in total. The number of aromatic nitrogens is 6. The molecule has 8 rings (SSSR count). The maximum atomic E-state index is 5.91. The summed E-state index contributed by atoms with van der Waals surface area (Å²) in [6.07, 6.45) is 0. The highest BCUT2D eigenvalue weighted by molar-refractivity contribution is 5.77. The molecule has 0 aliphatic rings. The van der Waals surface area contributed by atoms with Crippen LogP contribution < -0.4 is 0 Å². The smallest absolute Gasteiger partial charge is 0.247 e. The number of oxazole rings is 2. The van der Waals surface area contributed by atoms with Gasteiger partial charge in [-0.05, 0) is 86.3 Å². The number of hydrogen-bond donors (Lipinski definition) is 0. The second-order valence-electron chi connectivity index (χ2n) is 11.4. The van der Waals surface area contributed by atoms with Gasteiger partial charge >= 0.3 is 0 Å². The van der Waals surface area contributed by atoms with Crippen LogP contribution in [0.2, 0.25) is 0 Å². The fraction of sp³-hybridized carbons (Fsp3) is 0.105. The van der Waals surface area contributed by atoms with E-state index in [1.54, 1.807) is 0 Å². The zero-order valence-electron chi connectivity index (χ0n) is 25.7. The molecule has 0 aliphatic heterocycles. The lowest BCUT2D eigenvalue weighted by Gasteiger charge is -2.10. The molecule has 0 spiro atoms. The Morgan fingerprint density at radius 1 is 0.370 bits per heavy atom. The fourth-order valence-electron chi connectivity index (χ4n) is 5.70. The molecule has 0 amide bonds. The molecule has 0 saturated heterocycles. The molecule has 0 saturated carbocycles. The predicted octanol–water partition coefficient (Wildman–Crippen LogP) is 9.12. The second kappa shape index (κ2) is 10.9. The Morgan fingerprint density at radius 3 is 1.15 bits per heavy atom. The molecule has 0 fully saturated rings. The van der Waals surface area contributed by atoms with Crippen LogP contribution in [0.3, 0.4) is 0 Å². The first kappa shape index (κ1) is 27.5. The lowest BCUT2D eigenvalue weighted by molar-refractivity contribution is 0.616. The number of aryl methyl sites for hydroxylation is 4. The summed E-state index contributed by atoms with van der Waals surface area (Å²) in [6.45, 7) is 7.88. The van der Waals surface area contributed by atoms with Crippen LogP contribution in [0.4, 0.5) is 0 Å². The first-order valence-corrected chi connectivity index (χ1v) is 15.0. The largest absolute Gasteiger partial charge is 0.433 e. The molecule has 0 atom stereocenters. The van der Waals surface area contributed by atoms with Crippen LogP contribution in [0.15, 0.2) is 106 Å². The zero-order valence-corrected chi connectivity index (χ0v) is 25.7. The van der Waals surface area contributed by atoms with Gasteiger partial charge in [0, 0.05) is 33.9 Å². The van der Waals surface area contributed by atoms with Gasteiger partial charge in [0.05, 0.1) is 0 Å². The van der Waals surface area contributed by atoms with E-state index in [2.05, 4.69) is 80.6 Å². The van der Waals surface area contributed by atoms with Gasteiger partial charge < -0.3 is 8.83 Å². The van der Waals surface area contributed by atoms with E-state index < -0.39 is 0 Å². The average molecular weight is 601 g/mol. The average Bonchev–Trinajstić information content (AvgIpc) is 3.69. The van der Waals surface area contributed by atoms with E-state index in [9.17, 15) is 0 Å². The molecule has 46 heavy (non-hydrogen) atoms. The summed E-state index contributed by atoms with van der Waals surface area (Å²) < 4.78 is 11.8. The van der Waals surface area contributed by atoms with E-state index in [-0.39, 0.29) is 0 Å². The molecular weight excluding hydrogens is 572 g/mol. The highest BCUT2D eigenvalue weighted by Crippen LogP contribution is 2.32. The van der Waals surface area contributed by atoms with Gasteiger partial charge in [0.15, 0.2) is 22.5 Å². The highest BCUT2D eigenvalue weighted by Gasteiger charge is 2.15. The number of fused-ring (bicyclic) bond motifs is 2. The number of benzene rings is 2. The molecule has 0 aliphatic carbocycles. The minimum Gasteiger partial charge on any atom is -0.433 e. The van der Waals surface area contributed by atoms with Crippen LogP contribution in [0.25, 0.3) is 79.0 Å². The van der Waals surface area contributed by atoms with Crippen LogP contribution >= 0.6 is 0 Å². The summed E-state index contributed by atoms with van der Waals surface area (Å²) in [5, 5.41) is 0. The summed E-state index contributed by atoms with van der Waals surface area (Å²) in [5.41, 5.74) is 14.1. The number of rotatable bonds is 5. The van der Waals surface area contributed by atoms with Crippen molar-refractivity contribution in [3.8, 4) is 56.6 Å². The van der Waals surface area contributed by atoms with Crippen molar-refractivity contribution in [1.82, 2.24) is 29.9 Å². The van der Waals surface area contributed by atoms with E-state index in [1.165, 1.54) is 0 Å². The van der Waals surface area contributed by atoms with Crippen LogP contribution in [0, 0.1) is 27.7 Å². The summed E-state index contributed by atoms with van der Waals surface area (Å²) >= 11 is 0. The number of hydrogen-bond acceptors (Lipinski definition) is 8. The quantitative estimate of drug-likeness (QED) is 0.193. The lowest BCUT2D eigenvalue weighted by atomic mass is 9.97. The van der Waals surface area contributed by atoms with Gasteiger partial charge in [-0.25, -0.2) is 19.9 Å². The van der Waals surface area contributed by atoms with Crippen molar-refractivity contribution in [2.24, 2.45) is 0 Å². The summed E-state index contributed by atoms with van der Waals surface area (Å²) in [4.78, 5) is 27.6. The molecule has 0 radical (unpaired) electrons. The first-order chi connectivity index (χ1) is 22.4. The Hall–Kier alpha value is -6.02. The molecule has 2 aromatic carbocycles. The third-order valence-corrected chi connectivity index (χ3v) is 8.12. The van der Waals surface area contributed by atoms with Gasteiger partial charge in [-0.2, -0.15) is 9.97 Å². The van der Waals surface area contributed by atoms with Crippen LogP contribution in [0.5, 0.6) is 0 Å². The normalized spacial score (nSPS) is 11.5.